The second-order valence-corrected chi connectivity index (χ2v) is 7.02. The summed E-state index contributed by atoms with van der Waals surface area (Å²) in [7, 11) is 1.93. The molecular weight excluding hydrogens is 286 g/mol. The largest absolute Gasteiger partial charge is 0.337 e. The number of nitrogens with zero attached hydrogens (tertiary/aromatic N) is 2. The van der Waals surface area contributed by atoms with Gasteiger partial charge in [-0.3, -0.25) is 9.69 Å². The van der Waals surface area contributed by atoms with E-state index in [1.54, 1.807) is 0 Å². The fraction of sp³-hybridized carbons (Fsp3) is 0.579. The second kappa shape index (κ2) is 7.61. The van der Waals surface area contributed by atoms with E-state index in [1.807, 2.05) is 11.9 Å². The lowest BCUT2D eigenvalue weighted by molar-refractivity contribution is -0.123. The number of carbonyl (C=O) groups is 1. The van der Waals surface area contributed by atoms with Gasteiger partial charge in [-0.15, -0.1) is 0 Å². The average molecular weight is 313 g/mol. The molecule has 0 spiro atoms. The summed E-state index contributed by atoms with van der Waals surface area (Å²) in [6.45, 7) is 5.40. The predicted octanol–water partition coefficient (Wildman–Crippen LogP) is 3.19. The molecule has 1 N–H and O–H groups in total. The van der Waals surface area contributed by atoms with Crippen molar-refractivity contribution >= 4 is 5.91 Å². The van der Waals surface area contributed by atoms with Crippen molar-refractivity contribution in [2.24, 2.45) is 0 Å². The van der Waals surface area contributed by atoms with Gasteiger partial charge in [-0.1, -0.05) is 38.1 Å². The lowest BCUT2D eigenvalue weighted by Crippen LogP contribution is -2.48. The van der Waals surface area contributed by atoms with Crippen molar-refractivity contribution in [3.8, 4) is 6.07 Å². The Balaban J connectivity index is 1.85. The highest BCUT2D eigenvalue weighted by Gasteiger charge is 2.35. The summed E-state index contributed by atoms with van der Waals surface area (Å²) in [6, 6.07) is 10.8. The first-order valence-electron chi connectivity index (χ1n) is 8.44. The van der Waals surface area contributed by atoms with Crippen molar-refractivity contribution in [2.75, 3.05) is 13.6 Å². The molecule has 2 rings (SSSR count). The van der Waals surface area contributed by atoms with Crippen LogP contribution in [0.3, 0.4) is 0 Å². The van der Waals surface area contributed by atoms with Gasteiger partial charge in [0.1, 0.15) is 5.54 Å². The first kappa shape index (κ1) is 17.5. The van der Waals surface area contributed by atoms with Crippen molar-refractivity contribution in [1.29, 1.82) is 5.26 Å². The number of hydrogen-bond acceptors (Lipinski definition) is 3. The van der Waals surface area contributed by atoms with Crippen molar-refractivity contribution in [2.45, 2.75) is 57.5 Å². The lowest BCUT2D eigenvalue weighted by Gasteiger charge is -2.24. The number of nitriles is 1. The number of nitrogens with one attached hydrogen (secondary N) is 1. The number of rotatable bonds is 6. The molecule has 0 aliphatic heterocycles. The van der Waals surface area contributed by atoms with Gasteiger partial charge in [0.25, 0.3) is 0 Å². The topological polar surface area (TPSA) is 56.1 Å². The SMILES string of the molecule is CC(C)c1ccc(CN(C)CC(=O)NC2(C#N)CCCC2)cc1. The highest BCUT2D eigenvalue weighted by Crippen LogP contribution is 2.28. The van der Waals surface area contributed by atoms with Gasteiger partial charge in [0, 0.05) is 6.54 Å². The molecule has 1 aliphatic rings. The van der Waals surface area contributed by atoms with E-state index in [0.717, 1.165) is 32.2 Å². The molecule has 0 saturated heterocycles. The normalized spacial score (nSPS) is 16.5. The van der Waals surface area contributed by atoms with Gasteiger partial charge in [-0.2, -0.15) is 5.26 Å². The molecule has 0 aromatic heterocycles. The van der Waals surface area contributed by atoms with Gasteiger partial charge in [0.2, 0.25) is 5.91 Å². The zero-order valence-electron chi connectivity index (χ0n) is 14.4. The number of carbonyl (C=O) groups excluding carboxylic acids is 1. The summed E-state index contributed by atoms with van der Waals surface area (Å²) in [6.07, 6.45) is 3.59. The Hall–Kier alpha value is -1.86. The van der Waals surface area contributed by atoms with Crippen LogP contribution in [0.25, 0.3) is 0 Å². The van der Waals surface area contributed by atoms with E-state index < -0.39 is 5.54 Å². The van der Waals surface area contributed by atoms with Crippen LogP contribution in [0, 0.1) is 11.3 Å². The van der Waals surface area contributed by atoms with Crippen LogP contribution in [0.2, 0.25) is 0 Å². The lowest BCUT2D eigenvalue weighted by atomic mass is 10.00. The van der Waals surface area contributed by atoms with Crippen LogP contribution in [0.5, 0.6) is 0 Å². The van der Waals surface area contributed by atoms with Gasteiger partial charge in [-0.25, -0.2) is 0 Å². The van der Waals surface area contributed by atoms with E-state index in [9.17, 15) is 10.1 Å². The van der Waals surface area contributed by atoms with Crippen molar-refractivity contribution < 1.29 is 4.79 Å². The zero-order chi connectivity index (χ0) is 16.9. The first-order valence-corrected chi connectivity index (χ1v) is 8.44. The van der Waals surface area contributed by atoms with Gasteiger partial charge >= 0.3 is 0 Å². The summed E-state index contributed by atoms with van der Waals surface area (Å²) >= 11 is 0. The van der Waals surface area contributed by atoms with E-state index in [4.69, 9.17) is 0 Å². The summed E-state index contributed by atoms with van der Waals surface area (Å²) in [5, 5.41) is 12.3. The summed E-state index contributed by atoms with van der Waals surface area (Å²) in [5.41, 5.74) is 1.89. The van der Waals surface area contributed by atoms with E-state index in [0.29, 0.717) is 12.5 Å². The van der Waals surface area contributed by atoms with Gasteiger partial charge in [0.15, 0.2) is 0 Å². The van der Waals surface area contributed by atoms with Crippen LogP contribution in [0.15, 0.2) is 24.3 Å². The molecule has 124 valence electrons. The number of amides is 1. The van der Waals surface area contributed by atoms with Crippen molar-refractivity contribution in [3.63, 3.8) is 0 Å². The highest BCUT2D eigenvalue weighted by molar-refractivity contribution is 5.79. The van der Waals surface area contributed by atoms with Crippen molar-refractivity contribution in [3.05, 3.63) is 35.4 Å². The Bertz CT molecular complexity index is 565. The Kier molecular flexibility index (Phi) is 5.79. The van der Waals surface area contributed by atoms with E-state index in [1.165, 1.54) is 11.1 Å². The molecule has 0 atom stereocenters. The molecule has 4 nitrogen and oxygen atoms in total. The molecule has 1 amide bonds. The van der Waals surface area contributed by atoms with Crippen LogP contribution in [0.1, 0.15) is 56.6 Å². The fourth-order valence-electron chi connectivity index (χ4n) is 3.17. The fourth-order valence-corrected chi connectivity index (χ4v) is 3.17. The Labute approximate surface area is 139 Å². The quantitative estimate of drug-likeness (QED) is 0.877. The molecule has 0 bridgehead atoms. The molecular formula is C19H27N3O. The van der Waals surface area contributed by atoms with Crippen LogP contribution < -0.4 is 5.32 Å². The summed E-state index contributed by atoms with van der Waals surface area (Å²) < 4.78 is 0. The third-order valence-corrected chi connectivity index (χ3v) is 4.56. The van der Waals surface area contributed by atoms with Gasteiger partial charge in [-0.05, 0) is 49.8 Å². The molecule has 0 unspecified atom stereocenters. The van der Waals surface area contributed by atoms with Crippen LogP contribution >= 0.6 is 0 Å². The Morgan fingerprint density at radius 1 is 1.30 bits per heavy atom. The maximum Gasteiger partial charge on any atom is 0.235 e. The molecule has 4 heteroatoms. The molecule has 1 fully saturated rings. The summed E-state index contributed by atoms with van der Waals surface area (Å²) in [4.78, 5) is 14.2. The van der Waals surface area contributed by atoms with Crippen LogP contribution in [-0.4, -0.2) is 29.9 Å². The minimum absolute atomic E-state index is 0.0604. The van der Waals surface area contributed by atoms with Crippen molar-refractivity contribution in [1.82, 2.24) is 10.2 Å². The van der Waals surface area contributed by atoms with E-state index >= 15 is 0 Å². The maximum atomic E-state index is 12.2. The molecule has 1 aromatic carbocycles. The molecule has 1 saturated carbocycles. The monoisotopic (exact) mass is 313 g/mol. The zero-order valence-corrected chi connectivity index (χ0v) is 14.4. The number of benzene rings is 1. The third kappa shape index (κ3) is 4.80. The standard InChI is InChI=1S/C19H27N3O/c1-15(2)17-8-6-16(7-9-17)12-22(3)13-18(23)21-19(14-20)10-4-5-11-19/h6-9,15H,4-5,10-13H2,1-3H3,(H,21,23). The maximum absolute atomic E-state index is 12.2. The third-order valence-electron chi connectivity index (χ3n) is 4.56. The predicted molar refractivity (Wildman–Crippen MR) is 91.8 cm³/mol. The van der Waals surface area contributed by atoms with Crippen LogP contribution in [-0.2, 0) is 11.3 Å². The summed E-state index contributed by atoms with van der Waals surface area (Å²) in [5.74, 6) is 0.468. The van der Waals surface area contributed by atoms with Gasteiger partial charge in [0.05, 0.1) is 12.6 Å². The smallest absolute Gasteiger partial charge is 0.235 e. The highest BCUT2D eigenvalue weighted by atomic mass is 16.2. The molecule has 1 aliphatic carbocycles. The molecule has 23 heavy (non-hydrogen) atoms. The molecule has 1 aromatic rings. The number of hydrogen-bond donors (Lipinski definition) is 1. The van der Waals surface area contributed by atoms with Gasteiger partial charge < -0.3 is 5.32 Å². The molecule has 0 heterocycles. The Morgan fingerprint density at radius 3 is 2.43 bits per heavy atom. The Morgan fingerprint density at radius 2 is 1.91 bits per heavy atom. The second-order valence-electron chi connectivity index (χ2n) is 7.02. The van der Waals surface area contributed by atoms with E-state index in [-0.39, 0.29) is 5.91 Å². The number of likely N-dealkylation sites (N-methyl/N-ethyl adjacent to an activating group) is 1. The molecule has 0 radical (unpaired) electrons. The average Bonchev–Trinajstić information content (AvgIpc) is 2.96. The first-order chi connectivity index (χ1) is 10.9. The van der Waals surface area contributed by atoms with E-state index in [2.05, 4.69) is 49.5 Å². The minimum Gasteiger partial charge on any atom is -0.337 e. The van der Waals surface area contributed by atoms with Crippen LogP contribution in [0.4, 0.5) is 0 Å². The minimum atomic E-state index is -0.628.